The highest BCUT2D eigenvalue weighted by molar-refractivity contribution is 6.32. The first-order valence-corrected chi connectivity index (χ1v) is 20.3. The van der Waals surface area contributed by atoms with Crippen LogP contribution in [0.25, 0.3) is 5.57 Å². The summed E-state index contributed by atoms with van der Waals surface area (Å²) in [4.78, 5) is 62.9. The van der Waals surface area contributed by atoms with Crippen molar-refractivity contribution in [3.63, 3.8) is 0 Å². The fraction of sp³-hybridized carbons (Fsp3) is 0.240. The zero-order chi connectivity index (χ0) is 41.5. The van der Waals surface area contributed by atoms with E-state index in [9.17, 15) is 14.7 Å². The van der Waals surface area contributed by atoms with Gasteiger partial charge in [0, 0.05) is 37.2 Å². The van der Waals surface area contributed by atoms with Crippen molar-refractivity contribution in [3.05, 3.63) is 168 Å². The van der Waals surface area contributed by atoms with Crippen LogP contribution in [0.4, 0.5) is 22.7 Å². The molecular formula is C50H44N4O6. The predicted octanol–water partition coefficient (Wildman–Crippen LogP) is 8.57. The van der Waals surface area contributed by atoms with Gasteiger partial charge in [0.2, 0.25) is 11.8 Å². The quantitative estimate of drug-likeness (QED) is 0.0852. The summed E-state index contributed by atoms with van der Waals surface area (Å²) in [7, 11) is 3.94. The molecule has 5 aromatic rings. The summed E-state index contributed by atoms with van der Waals surface area (Å²) in [5.74, 6) is -3.73. The zero-order valence-corrected chi connectivity index (χ0v) is 33.3. The lowest BCUT2D eigenvalue weighted by Crippen LogP contribution is -2.58. The van der Waals surface area contributed by atoms with Crippen LogP contribution in [0.2, 0.25) is 0 Å². The number of Topliss-reactive ketones (excluding diaryl/α,β-unsaturated/α-hetero) is 1. The SMILES string of the molecule is CN(C)c1ccc(N=Nc2ccc(N3C(=O)[C@H]4[C@H](CC=C5[C@H]4C[C@H]4C(=O)C(c6ccccc6)=CC(=O)[C@@]4(c4ccccc4)[C@H]5c4ccc(OCCO)cc4)C3=O)cc2)cc1. The summed E-state index contributed by atoms with van der Waals surface area (Å²) >= 11 is 0. The molecule has 300 valence electrons. The largest absolute Gasteiger partial charge is 0.491 e. The van der Waals surface area contributed by atoms with Crippen molar-refractivity contribution in [2.24, 2.45) is 33.9 Å². The van der Waals surface area contributed by atoms with Gasteiger partial charge in [0.1, 0.15) is 12.4 Å². The molecule has 6 atom stereocenters. The van der Waals surface area contributed by atoms with Crippen molar-refractivity contribution in [2.45, 2.75) is 24.2 Å². The van der Waals surface area contributed by atoms with E-state index in [4.69, 9.17) is 4.74 Å². The lowest BCUT2D eigenvalue weighted by atomic mass is 9.44. The monoisotopic (exact) mass is 796 g/mol. The molecule has 1 saturated heterocycles. The fourth-order valence-electron chi connectivity index (χ4n) is 10.0. The van der Waals surface area contributed by atoms with E-state index in [1.165, 1.54) is 11.0 Å². The average Bonchev–Trinajstić information content (AvgIpc) is 3.55. The second-order valence-corrected chi connectivity index (χ2v) is 16.1. The van der Waals surface area contributed by atoms with E-state index in [1.807, 2.05) is 128 Å². The molecule has 9 rings (SSSR count). The number of carbonyl (C=O) groups excluding carboxylic acids is 4. The Kier molecular flexibility index (Phi) is 10.2. The second kappa shape index (κ2) is 15.8. The number of benzene rings is 5. The normalized spacial score (nSPS) is 24.7. The number of rotatable bonds is 10. The minimum atomic E-state index is -1.33. The summed E-state index contributed by atoms with van der Waals surface area (Å²) < 4.78 is 5.71. The molecule has 1 N–H and O–H groups in total. The fourth-order valence-corrected chi connectivity index (χ4v) is 10.0. The van der Waals surface area contributed by atoms with Gasteiger partial charge in [0.25, 0.3) is 0 Å². The number of fused-ring (bicyclic) bond motifs is 4. The molecule has 60 heavy (non-hydrogen) atoms. The summed E-state index contributed by atoms with van der Waals surface area (Å²) in [6, 6.07) is 40.8. The molecule has 0 spiro atoms. The maximum Gasteiger partial charge on any atom is 0.238 e. The molecule has 1 saturated carbocycles. The number of aliphatic hydroxyl groups excluding tert-OH is 1. The number of ketones is 2. The number of amides is 2. The van der Waals surface area contributed by atoms with Crippen molar-refractivity contribution in [1.82, 2.24) is 0 Å². The number of anilines is 2. The Balaban J connectivity index is 1.11. The van der Waals surface area contributed by atoms with Crippen molar-refractivity contribution >= 4 is 51.7 Å². The second-order valence-electron chi connectivity index (χ2n) is 16.1. The summed E-state index contributed by atoms with van der Waals surface area (Å²) in [5, 5.41) is 18.1. The first-order chi connectivity index (χ1) is 29.2. The molecule has 10 nitrogen and oxygen atoms in total. The van der Waals surface area contributed by atoms with E-state index in [0.717, 1.165) is 22.4 Å². The third-order valence-corrected chi connectivity index (χ3v) is 12.7. The lowest BCUT2D eigenvalue weighted by molar-refractivity contribution is -0.135. The molecule has 0 radical (unpaired) electrons. The highest BCUT2D eigenvalue weighted by atomic mass is 16.5. The van der Waals surface area contributed by atoms with Crippen molar-refractivity contribution in [1.29, 1.82) is 0 Å². The summed E-state index contributed by atoms with van der Waals surface area (Å²) in [5.41, 5.74) is 4.83. The van der Waals surface area contributed by atoms with Gasteiger partial charge in [-0.25, -0.2) is 0 Å². The molecule has 5 aromatic carbocycles. The molecule has 0 unspecified atom stereocenters. The number of hydrogen-bond donors (Lipinski definition) is 1. The highest BCUT2D eigenvalue weighted by Gasteiger charge is 2.66. The Morgan fingerprint density at radius 1 is 0.750 bits per heavy atom. The number of carbonyl (C=O) groups is 4. The number of azo groups is 1. The number of ether oxygens (including phenoxy) is 1. The van der Waals surface area contributed by atoms with E-state index in [1.54, 1.807) is 24.3 Å². The minimum Gasteiger partial charge on any atom is -0.491 e. The number of hydrogen-bond acceptors (Lipinski definition) is 9. The summed E-state index contributed by atoms with van der Waals surface area (Å²) in [6.45, 7) is -0.0151. The van der Waals surface area contributed by atoms with Crippen LogP contribution in [-0.4, -0.2) is 55.8 Å². The maximum absolute atomic E-state index is 15.3. The van der Waals surface area contributed by atoms with E-state index < -0.39 is 35.0 Å². The highest BCUT2D eigenvalue weighted by Crippen LogP contribution is 2.63. The van der Waals surface area contributed by atoms with E-state index in [2.05, 4.69) is 16.3 Å². The van der Waals surface area contributed by atoms with Crippen LogP contribution in [0, 0.1) is 23.7 Å². The molecule has 2 fully saturated rings. The van der Waals surface area contributed by atoms with Crippen LogP contribution >= 0.6 is 0 Å². The Hall–Kier alpha value is -6.78. The lowest BCUT2D eigenvalue weighted by Gasteiger charge is -2.55. The van der Waals surface area contributed by atoms with Crippen molar-refractivity contribution in [3.8, 4) is 5.75 Å². The van der Waals surface area contributed by atoms with E-state index >= 15 is 9.59 Å². The van der Waals surface area contributed by atoms with Gasteiger partial charge in [0.15, 0.2) is 11.6 Å². The smallest absolute Gasteiger partial charge is 0.238 e. The van der Waals surface area contributed by atoms with Crippen LogP contribution in [0.15, 0.2) is 161 Å². The van der Waals surface area contributed by atoms with Crippen LogP contribution in [0.5, 0.6) is 5.75 Å². The van der Waals surface area contributed by atoms with Gasteiger partial charge >= 0.3 is 0 Å². The number of nitrogens with zero attached hydrogens (tertiary/aromatic N) is 4. The van der Waals surface area contributed by atoms with Gasteiger partial charge < -0.3 is 14.7 Å². The van der Waals surface area contributed by atoms with Crippen LogP contribution in [0.3, 0.4) is 0 Å². The van der Waals surface area contributed by atoms with Gasteiger partial charge in [-0.1, -0.05) is 84.4 Å². The number of imide groups is 1. The van der Waals surface area contributed by atoms with Gasteiger partial charge in [-0.2, -0.15) is 10.2 Å². The Labute approximate surface area is 348 Å². The summed E-state index contributed by atoms with van der Waals surface area (Å²) in [6.07, 6.45) is 4.11. The molecule has 0 aromatic heterocycles. The molecule has 3 aliphatic carbocycles. The Morgan fingerprint density at radius 2 is 1.38 bits per heavy atom. The van der Waals surface area contributed by atoms with Gasteiger partial charge in [-0.05, 0) is 102 Å². The molecule has 0 bridgehead atoms. The van der Waals surface area contributed by atoms with Crippen LogP contribution < -0.4 is 14.5 Å². The van der Waals surface area contributed by atoms with Crippen molar-refractivity contribution < 1.29 is 29.0 Å². The Morgan fingerprint density at radius 3 is 2.02 bits per heavy atom. The van der Waals surface area contributed by atoms with Gasteiger partial charge in [-0.3, -0.25) is 24.1 Å². The zero-order valence-electron chi connectivity index (χ0n) is 33.3. The third kappa shape index (κ3) is 6.48. The molecule has 1 heterocycles. The molecule has 2 amide bonds. The van der Waals surface area contributed by atoms with Crippen molar-refractivity contribution in [2.75, 3.05) is 37.1 Å². The maximum atomic E-state index is 15.3. The number of aliphatic hydroxyl groups is 1. The van der Waals surface area contributed by atoms with E-state index in [0.29, 0.717) is 40.4 Å². The first kappa shape index (κ1) is 38.7. The molecule has 10 heteroatoms. The molecular weight excluding hydrogens is 753 g/mol. The molecule has 4 aliphatic rings. The van der Waals surface area contributed by atoms with Gasteiger partial charge in [-0.15, -0.1) is 0 Å². The van der Waals surface area contributed by atoms with Gasteiger partial charge in [0.05, 0.1) is 40.9 Å². The molecule has 1 aliphatic heterocycles. The Bertz CT molecular complexity index is 2550. The third-order valence-electron chi connectivity index (χ3n) is 12.7. The first-order valence-electron chi connectivity index (χ1n) is 20.3. The topological polar surface area (TPSA) is 129 Å². The van der Waals surface area contributed by atoms with Crippen LogP contribution in [0.1, 0.15) is 35.4 Å². The average molecular weight is 797 g/mol. The standard InChI is InChI=1S/C50H44N4O6/c1-53(2)36-19-15-34(16-20-36)51-52-35-17-21-37(22-18-35)54-48(58)40-26-25-39-42(45(40)49(54)59)29-43-47(57)41(31-9-5-3-6-10-31)30-44(56)50(43,33-11-7-4-8-12-33)46(39)32-13-23-38(24-14-32)60-28-27-55/h3-25,30,40,42-43,45-46,55H,26-29H2,1-2H3/t40-,42+,43-,45-,46-,50-/m0/s1. The predicted molar refractivity (Wildman–Crippen MR) is 229 cm³/mol. The minimum absolute atomic E-state index is 0.125. The van der Waals surface area contributed by atoms with E-state index in [-0.39, 0.29) is 43.0 Å². The number of allylic oxidation sites excluding steroid dienone is 4. The van der Waals surface area contributed by atoms with Crippen LogP contribution in [-0.2, 0) is 24.6 Å².